The molecule has 0 aromatic heterocycles. The number of fused-ring (bicyclic) bond motifs is 1. The molecule has 1 heterocycles. The molecule has 4 N–H and O–H groups in total. The van der Waals surface area contributed by atoms with Gasteiger partial charge in [0.1, 0.15) is 5.82 Å². The molecule has 1 aliphatic rings. The zero-order valence-corrected chi connectivity index (χ0v) is 20.0. The zero-order valence-electron chi connectivity index (χ0n) is 20.0. The van der Waals surface area contributed by atoms with Gasteiger partial charge in [-0.15, -0.1) is 0 Å². The minimum absolute atomic E-state index is 0.247. The number of hydrogen-bond acceptors (Lipinski definition) is 4. The van der Waals surface area contributed by atoms with E-state index in [0.29, 0.717) is 22.5 Å². The molecule has 3 rings (SSSR count). The highest BCUT2D eigenvalue weighted by atomic mass is 19.1. The van der Waals surface area contributed by atoms with Crippen molar-refractivity contribution in [1.29, 1.82) is 5.41 Å². The first-order chi connectivity index (χ1) is 15.9. The Hall–Kier alpha value is -3.28. The fourth-order valence-electron chi connectivity index (χ4n) is 4.17. The Morgan fingerprint density at radius 2 is 1.94 bits per heavy atom. The molecule has 0 amide bonds. The van der Waals surface area contributed by atoms with Crippen LogP contribution in [0, 0.1) is 11.2 Å². The molecule has 0 saturated heterocycles. The van der Waals surface area contributed by atoms with Gasteiger partial charge in [-0.25, -0.2) is 4.39 Å². The van der Waals surface area contributed by atoms with Crippen molar-refractivity contribution in [2.24, 2.45) is 5.73 Å². The lowest BCUT2D eigenvalue weighted by atomic mass is 9.76. The predicted octanol–water partition coefficient (Wildman–Crippen LogP) is 5.74. The summed E-state index contributed by atoms with van der Waals surface area (Å²) in [5, 5.41) is 12.7. The number of nitrogens with two attached hydrogens (primary N) is 1. The van der Waals surface area contributed by atoms with Crippen molar-refractivity contribution in [2.45, 2.75) is 25.4 Å². The Balaban J connectivity index is 0.00000187. The average Bonchev–Trinajstić information content (AvgIpc) is 2.80. The van der Waals surface area contributed by atoms with Gasteiger partial charge >= 0.3 is 0 Å². The molecule has 1 aliphatic heterocycles. The molecule has 0 fully saturated rings. The Morgan fingerprint density at radius 3 is 2.55 bits per heavy atom. The van der Waals surface area contributed by atoms with Crippen LogP contribution in [-0.4, -0.2) is 37.8 Å². The van der Waals surface area contributed by atoms with Crippen LogP contribution >= 0.6 is 0 Å². The maximum Gasteiger partial charge on any atom is 0.125 e. The summed E-state index contributed by atoms with van der Waals surface area (Å²) in [6.07, 6.45) is 9.32. The number of anilines is 1. The third kappa shape index (κ3) is 5.95. The molecule has 2 unspecified atom stereocenters. The molecule has 2 aromatic carbocycles. The second kappa shape index (κ2) is 12.1. The van der Waals surface area contributed by atoms with Crippen LogP contribution in [0.25, 0.3) is 6.08 Å². The summed E-state index contributed by atoms with van der Waals surface area (Å²) in [5.74, 6) is -0.606. The topological polar surface area (TPSA) is 65.1 Å². The van der Waals surface area contributed by atoms with E-state index in [4.69, 9.17) is 5.41 Å². The minimum atomic E-state index is -0.350. The van der Waals surface area contributed by atoms with Crippen LogP contribution in [0.3, 0.4) is 0 Å². The Labute approximate surface area is 197 Å². The first kappa shape index (κ1) is 26.0. The van der Waals surface area contributed by atoms with Gasteiger partial charge in [0.15, 0.2) is 0 Å². The van der Waals surface area contributed by atoms with Crippen molar-refractivity contribution in [3.8, 4) is 0 Å². The van der Waals surface area contributed by atoms with E-state index in [1.54, 1.807) is 12.2 Å². The van der Waals surface area contributed by atoms with Gasteiger partial charge in [0.25, 0.3) is 0 Å². The Morgan fingerprint density at radius 1 is 1.21 bits per heavy atom. The molecule has 33 heavy (non-hydrogen) atoms. The monoisotopic (exact) mass is 446 g/mol. The van der Waals surface area contributed by atoms with E-state index in [0.717, 1.165) is 17.7 Å². The van der Waals surface area contributed by atoms with Crippen LogP contribution in [-0.2, 0) is 6.54 Å². The number of hydrogen-bond donors (Lipinski definition) is 3. The average molecular weight is 447 g/mol. The zero-order chi connectivity index (χ0) is 24.5. The third-order valence-electron chi connectivity index (χ3n) is 5.46. The highest BCUT2D eigenvalue weighted by Gasteiger charge is 2.36. The van der Waals surface area contributed by atoms with Gasteiger partial charge < -0.3 is 21.4 Å². The number of rotatable bonds is 7. The molecule has 4 nitrogen and oxygen atoms in total. The van der Waals surface area contributed by atoms with E-state index >= 15 is 0 Å². The molecule has 0 saturated carbocycles. The molecule has 0 aliphatic carbocycles. The van der Waals surface area contributed by atoms with E-state index in [2.05, 4.69) is 47.3 Å². The van der Waals surface area contributed by atoms with Crippen molar-refractivity contribution >= 4 is 17.5 Å². The first-order valence-electron chi connectivity index (χ1n) is 11.0. The number of allylic oxidation sites excluding steroid dienone is 3. The van der Waals surface area contributed by atoms with Gasteiger partial charge in [-0.05, 0) is 62.5 Å². The Bertz CT molecular complexity index is 1070. The predicted molar refractivity (Wildman–Crippen MR) is 141 cm³/mol. The summed E-state index contributed by atoms with van der Waals surface area (Å²) in [7, 11) is 5.58. The van der Waals surface area contributed by atoms with Crippen LogP contribution < -0.4 is 11.1 Å². The van der Waals surface area contributed by atoms with Crippen molar-refractivity contribution in [1.82, 2.24) is 4.90 Å². The maximum absolute atomic E-state index is 14.3. The quantitative estimate of drug-likeness (QED) is 0.475. The summed E-state index contributed by atoms with van der Waals surface area (Å²) in [5.41, 5.74) is 10.0. The molecular formula is C28H35FN4. The maximum atomic E-state index is 14.3. The summed E-state index contributed by atoms with van der Waals surface area (Å²) >= 11 is 0. The van der Waals surface area contributed by atoms with E-state index in [1.807, 2.05) is 45.3 Å². The highest BCUT2D eigenvalue weighted by molar-refractivity contribution is 6.12. The molecular weight excluding hydrogens is 411 g/mol. The second-order valence-corrected chi connectivity index (χ2v) is 8.01. The largest absolute Gasteiger partial charge is 0.377 e. The molecule has 2 aromatic rings. The second-order valence-electron chi connectivity index (χ2n) is 8.01. The lowest BCUT2D eigenvalue weighted by Crippen LogP contribution is -2.39. The van der Waals surface area contributed by atoms with Crippen molar-refractivity contribution in [2.75, 3.05) is 26.5 Å². The SMILES string of the molecule is C=C/C(=C\C=C/C)C1Nc2cc(F)cc(C=C)c2C(=N)C1c1cccc(CN(C)C)c1.CN. The lowest BCUT2D eigenvalue weighted by molar-refractivity contribution is 0.402. The summed E-state index contributed by atoms with van der Waals surface area (Å²) in [4.78, 5) is 2.12. The number of nitrogens with one attached hydrogen (secondary N) is 2. The van der Waals surface area contributed by atoms with Gasteiger partial charge in [0, 0.05) is 17.8 Å². The normalized spacial score (nSPS) is 17.8. The van der Waals surface area contributed by atoms with Crippen LogP contribution in [0.4, 0.5) is 10.1 Å². The van der Waals surface area contributed by atoms with Gasteiger partial charge in [0.2, 0.25) is 0 Å². The van der Waals surface area contributed by atoms with E-state index in [9.17, 15) is 4.39 Å². The van der Waals surface area contributed by atoms with Crippen LogP contribution in [0.5, 0.6) is 0 Å². The van der Waals surface area contributed by atoms with Crippen molar-refractivity contribution < 1.29 is 4.39 Å². The first-order valence-corrected chi connectivity index (χ1v) is 11.0. The van der Waals surface area contributed by atoms with Crippen LogP contribution in [0.1, 0.15) is 35.1 Å². The van der Waals surface area contributed by atoms with Gasteiger partial charge in [0.05, 0.1) is 17.7 Å². The van der Waals surface area contributed by atoms with E-state index < -0.39 is 0 Å². The van der Waals surface area contributed by atoms with E-state index in [1.165, 1.54) is 24.7 Å². The molecule has 5 heteroatoms. The van der Waals surface area contributed by atoms with Crippen LogP contribution in [0.15, 0.2) is 79.4 Å². The molecule has 2 atom stereocenters. The number of benzene rings is 2. The van der Waals surface area contributed by atoms with Gasteiger partial charge in [-0.3, -0.25) is 0 Å². The lowest BCUT2D eigenvalue weighted by Gasteiger charge is -2.37. The molecule has 174 valence electrons. The minimum Gasteiger partial charge on any atom is -0.377 e. The number of halogens is 1. The molecule has 0 bridgehead atoms. The van der Waals surface area contributed by atoms with Gasteiger partial charge in [-0.1, -0.05) is 67.8 Å². The molecule has 0 spiro atoms. The highest BCUT2D eigenvalue weighted by Crippen LogP contribution is 2.40. The van der Waals surface area contributed by atoms with E-state index in [-0.39, 0.29) is 17.8 Å². The fraction of sp³-hybridized carbons (Fsp3) is 0.250. The number of nitrogens with zero attached hydrogens (tertiary/aromatic N) is 1. The van der Waals surface area contributed by atoms with Gasteiger partial charge in [-0.2, -0.15) is 0 Å². The third-order valence-corrected chi connectivity index (χ3v) is 5.46. The standard InChI is InChI=1S/C27H30FN3.CH5N/c1-6-9-12-19(7-2)27-25(21-13-10-11-18(14-21)17-31(4)5)26(29)24-20(8-3)15-22(28)16-23(24)30-27;1-2/h6-16,25,27,29-30H,2-3,17H2,1,4-5H3;2H2,1H3/b9-6-,19-12+,29-26?;. The summed E-state index contributed by atoms with van der Waals surface area (Å²) in [6, 6.07) is 11.0. The van der Waals surface area contributed by atoms with Crippen molar-refractivity contribution in [3.05, 3.63) is 108 Å². The smallest absolute Gasteiger partial charge is 0.125 e. The Kier molecular flexibility index (Phi) is 9.52. The van der Waals surface area contributed by atoms with Crippen LogP contribution in [0.2, 0.25) is 0 Å². The summed E-state index contributed by atoms with van der Waals surface area (Å²) in [6.45, 7) is 10.6. The molecule has 0 radical (unpaired) electrons. The van der Waals surface area contributed by atoms with Crippen molar-refractivity contribution in [3.63, 3.8) is 0 Å². The summed E-state index contributed by atoms with van der Waals surface area (Å²) < 4.78 is 14.3. The fourth-order valence-corrected chi connectivity index (χ4v) is 4.17.